The molecule has 0 radical (unpaired) electrons. The second-order valence-electron chi connectivity index (χ2n) is 2.28. The zero-order valence-electron chi connectivity index (χ0n) is 6.43. The molecule has 0 heterocycles. The van der Waals surface area contributed by atoms with Gasteiger partial charge in [-0.15, -0.1) is 0 Å². The Labute approximate surface area is 57.9 Å². The lowest BCUT2D eigenvalue weighted by molar-refractivity contribution is 0.658. The van der Waals surface area contributed by atoms with Crippen LogP contribution in [0, 0.1) is 0 Å². The molecule has 0 fully saturated rings. The molecule has 0 aliphatic heterocycles. The fourth-order valence-electron chi connectivity index (χ4n) is 0.604. The van der Waals surface area contributed by atoms with Gasteiger partial charge in [0.1, 0.15) is 0 Å². The van der Waals surface area contributed by atoms with Gasteiger partial charge in [0.15, 0.2) is 0 Å². The van der Waals surface area contributed by atoms with Gasteiger partial charge in [0, 0.05) is 6.04 Å². The smallest absolute Gasteiger partial charge is 0.00707 e. The first-order valence-electron chi connectivity index (χ1n) is 3.71. The van der Waals surface area contributed by atoms with Gasteiger partial charge in [-0.3, -0.25) is 0 Å². The largest absolute Gasteiger partial charge is 0.327 e. The molecule has 2 N–H and O–H groups in total. The van der Waals surface area contributed by atoms with Gasteiger partial charge in [0.25, 0.3) is 0 Å². The van der Waals surface area contributed by atoms with Crippen molar-refractivity contribution in [3.63, 3.8) is 0 Å². The summed E-state index contributed by atoms with van der Waals surface area (Å²) >= 11 is 0. The van der Waals surface area contributed by atoms with Crippen LogP contribution in [0.25, 0.3) is 0 Å². The quantitative estimate of drug-likeness (QED) is 0.575. The molecule has 0 aliphatic carbocycles. The summed E-state index contributed by atoms with van der Waals surface area (Å²) in [4.78, 5) is 0. The molecule has 1 unspecified atom stereocenters. The molecular weight excluding hydrogens is 110 g/mol. The molecule has 0 saturated carbocycles. The van der Waals surface area contributed by atoms with E-state index in [1.807, 2.05) is 0 Å². The molecule has 0 spiro atoms. The van der Waals surface area contributed by atoms with Crippen LogP contribution in [0.1, 0.15) is 33.1 Å². The van der Waals surface area contributed by atoms with Crippen molar-refractivity contribution >= 4 is 0 Å². The third-order valence-corrected chi connectivity index (χ3v) is 1.37. The van der Waals surface area contributed by atoms with Gasteiger partial charge in [-0.1, -0.05) is 26.0 Å². The van der Waals surface area contributed by atoms with Gasteiger partial charge in [-0.2, -0.15) is 0 Å². The standard InChI is InChI=1S/C8H17N/c1-3-5-6-7-8(9)4-2/h5-6,8H,3-4,7,9H2,1-2H3/b6-5-. The molecule has 0 aliphatic rings. The van der Waals surface area contributed by atoms with Crippen molar-refractivity contribution in [1.29, 1.82) is 0 Å². The fourth-order valence-corrected chi connectivity index (χ4v) is 0.604. The van der Waals surface area contributed by atoms with Crippen LogP contribution in [0.15, 0.2) is 12.2 Å². The number of allylic oxidation sites excluding steroid dienone is 1. The molecule has 54 valence electrons. The van der Waals surface area contributed by atoms with Gasteiger partial charge >= 0.3 is 0 Å². The molecule has 0 rings (SSSR count). The predicted octanol–water partition coefficient (Wildman–Crippen LogP) is 2.08. The first kappa shape index (κ1) is 8.70. The Kier molecular flexibility index (Phi) is 5.64. The van der Waals surface area contributed by atoms with Crippen LogP contribution in [0.5, 0.6) is 0 Å². The Bertz CT molecular complexity index is 76.6. The van der Waals surface area contributed by atoms with Gasteiger partial charge in [-0.25, -0.2) is 0 Å². The van der Waals surface area contributed by atoms with Crippen LogP contribution in [0.4, 0.5) is 0 Å². The van der Waals surface area contributed by atoms with Crippen LogP contribution in [-0.2, 0) is 0 Å². The van der Waals surface area contributed by atoms with Crippen LogP contribution in [0.2, 0.25) is 0 Å². The fraction of sp³-hybridized carbons (Fsp3) is 0.750. The lowest BCUT2D eigenvalue weighted by Gasteiger charge is -2.01. The number of hydrogen-bond acceptors (Lipinski definition) is 1. The van der Waals surface area contributed by atoms with Gasteiger partial charge in [0.2, 0.25) is 0 Å². The van der Waals surface area contributed by atoms with E-state index in [9.17, 15) is 0 Å². The molecule has 9 heavy (non-hydrogen) atoms. The highest BCUT2D eigenvalue weighted by Gasteiger charge is 1.91. The second-order valence-corrected chi connectivity index (χ2v) is 2.28. The molecule has 0 aromatic rings. The summed E-state index contributed by atoms with van der Waals surface area (Å²) in [5, 5.41) is 0. The van der Waals surface area contributed by atoms with E-state index < -0.39 is 0 Å². The van der Waals surface area contributed by atoms with Crippen molar-refractivity contribution in [2.24, 2.45) is 5.73 Å². The second kappa shape index (κ2) is 5.83. The lowest BCUT2D eigenvalue weighted by atomic mass is 10.1. The summed E-state index contributed by atoms with van der Waals surface area (Å²) in [6.45, 7) is 4.25. The molecule has 1 nitrogen and oxygen atoms in total. The van der Waals surface area contributed by atoms with Crippen molar-refractivity contribution in [2.45, 2.75) is 39.2 Å². The van der Waals surface area contributed by atoms with E-state index in [4.69, 9.17) is 5.73 Å². The highest BCUT2D eigenvalue weighted by atomic mass is 14.6. The molecule has 0 amide bonds. The summed E-state index contributed by atoms with van der Waals surface area (Å²) < 4.78 is 0. The van der Waals surface area contributed by atoms with Crippen LogP contribution in [0.3, 0.4) is 0 Å². The number of nitrogens with two attached hydrogens (primary N) is 1. The highest BCUT2D eigenvalue weighted by Crippen LogP contribution is 1.94. The topological polar surface area (TPSA) is 26.0 Å². The Morgan fingerprint density at radius 1 is 1.33 bits per heavy atom. The first-order valence-corrected chi connectivity index (χ1v) is 3.71. The Morgan fingerprint density at radius 2 is 2.00 bits per heavy atom. The van der Waals surface area contributed by atoms with E-state index in [2.05, 4.69) is 26.0 Å². The van der Waals surface area contributed by atoms with Crippen LogP contribution in [-0.4, -0.2) is 6.04 Å². The molecule has 0 aromatic carbocycles. The van der Waals surface area contributed by atoms with Crippen molar-refractivity contribution in [1.82, 2.24) is 0 Å². The molecular formula is C8H17N. The number of rotatable bonds is 4. The molecule has 0 aromatic heterocycles. The number of hydrogen-bond donors (Lipinski definition) is 1. The molecule has 0 saturated heterocycles. The maximum atomic E-state index is 5.66. The zero-order valence-corrected chi connectivity index (χ0v) is 6.43. The zero-order chi connectivity index (χ0) is 7.11. The van der Waals surface area contributed by atoms with E-state index >= 15 is 0 Å². The Morgan fingerprint density at radius 3 is 2.44 bits per heavy atom. The minimum Gasteiger partial charge on any atom is -0.327 e. The average molecular weight is 127 g/mol. The van der Waals surface area contributed by atoms with Crippen molar-refractivity contribution in [3.8, 4) is 0 Å². The minimum atomic E-state index is 0.368. The summed E-state index contributed by atoms with van der Waals surface area (Å²) in [6.07, 6.45) is 7.55. The normalized spacial score (nSPS) is 14.6. The SMILES string of the molecule is CC/C=C\CC(N)CC. The van der Waals surface area contributed by atoms with E-state index in [1.54, 1.807) is 0 Å². The predicted molar refractivity (Wildman–Crippen MR) is 42.3 cm³/mol. The first-order chi connectivity index (χ1) is 4.31. The highest BCUT2D eigenvalue weighted by molar-refractivity contribution is 4.83. The van der Waals surface area contributed by atoms with E-state index in [-0.39, 0.29) is 0 Å². The van der Waals surface area contributed by atoms with Crippen molar-refractivity contribution in [2.75, 3.05) is 0 Å². The van der Waals surface area contributed by atoms with E-state index in [1.165, 1.54) is 0 Å². The van der Waals surface area contributed by atoms with E-state index in [0.29, 0.717) is 6.04 Å². The maximum absolute atomic E-state index is 5.66. The van der Waals surface area contributed by atoms with Gasteiger partial charge in [-0.05, 0) is 19.3 Å². The Hall–Kier alpha value is -0.300. The lowest BCUT2D eigenvalue weighted by Crippen LogP contribution is -2.16. The summed E-state index contributed by atoms with van der Waals surface area (Å²) in [5.41, 5.74) is 5.66. The summed E-state index contributed by atoms with van der Waals surface area (Å²) in [5.74, 6) is 0. The maximum Gasteiger partial charge on any atom is 0.00707 e. The monoisotopic (exact) mass is 127 g/mol. The average Bonchev–Trinajstić information content (AvgIpc) is 1.89. The van der Waals surface area contributed by atoms with E-state index in [0.717, 1.165) is 19.3 Å². The summed E-state index contributed by atoms with van der Waals surface area (Å²) in [6, 6.07) is 0.368. The van der Waals surface area contributed by atoms with Crippen LogP contribution >= 0.6 is 0 Å². The third-order valence-electron chi connectivity index (χ3n) is 1.37. The molecule has 0 bridgehead atoms. The molecule has 1 heteroatoms. The van der Waals surface area contributed by atoms with Gasteiger partial charge < -0.3 is 5.73 Å². The molecule has 1 atom stereocenters. The Balaban J connectivity index is 3.15. The van der Waals surface area contributed by atoms with Crippen LogP contribution < -0.4 is 5.73 Å². The van der Waals surface area contributed by atoms with Crippen molar-refractivity contribution in [3.05, 3.63) is 12.2 Å². The van der Waals surface area contributed by atoms with Crippen molar-refractivity contribution < 1.29 is 0 Å². The van der Waals surface area contributed by atoms with Gasteiger partial charge in [0.05, 0.1) is 0 Å². The minimum absolute atomic E-state index is 0.368. The summed E-state index contributed by atoms with van der Waals surface area (Å²) in [7, 11) is 0. The third kappa shape index (κ3) is 5.57.